The maximum atomic E-state index is 11.7. The lowest BCUT2D eigenvalue weighted by Crippen LogP contribution is -2.10. The van der Waals surface area contributed by atoms with Crippen LogP contribution in [0.4, 0.5) is 5.69 Å². The van der Waals surface area contributed by atoms with Gasteiger partial charge in [-0.3, -0.25) is 9.29 Å². The Morgan fingerprint density at radius 3 is 2.46 bits per heavy atom. The average molecular weight is 412 g/mol. The second-order valence-electron chi connectivity index (χ2n) is 6.02. The maximum absolute atomic E-state index is 11.7. The standard InChI is InChI=1S/C18H19Cl2N3O2S/c1-3-17-21-18-15(22-26(2,24)25)10-13(20)11-16(18)23(17)14-6-4-12(5-7-14)8-9-19/h4-7,10-11,22H,3,8-9H2,1-2H3. The number of hydrogen-bond acceptors (Lipinski definition) is 3. The zero-order valence-electron chi connectivity index (χ0n) is 14.5. The molecule has 0 aliphatic heterocycles. The first-order chi connectivity index (χ1) is 12.3. The molecule has 3 rings (SSSR count). The summed E-state index contributed by atoms with van der Waals surface area (Å²) in [5.41, 5.74) is 3.80. The molecular formula is C18H19Cl2N3O2S. The van der Waals surface area contributed by atoms with Crippen molar-refractivity contribution >= 4 is 49.9 Å². The fourth-order valence-corrected chi connectivity index (χ4v) is 3.90. The number of hydrogen-bond donors (Lipinski definition) is 1. The van der Waals surface area contributed by atoms with Crippen molar-refractivity contribution in [3.63, 3.8) is 0 Å². The Morgan fingerprint density at radius 2 is 1.88 bits per heavy atom. The van der Waals surface area contributed by atoms with Crippen LogP contribution in [0.1, 0.15) is 18.3 Å². The highest BCUT2D eigenvalue weighted by molar-refractivity contribution is 7.92. The fourth-order valence-electron chi connectivity index (χ4n) is 2.91. The van der Waals surface area contributed by atoms with Gasteiger partial charge in [0.15, 0.2) is 0 Å². The van der Waals surface area contributed by atoms with Crippen LogP contribution in [0.25, 0.3) is 16.7 Å². The van der Waals surface area contributed by atoms with Gasteiger partial charge in [-0.1, -0.05) is 30.7 Å². The molecule has 8 heteroatoms. The maximum Gasteiger partial charge on any atom is 0.229 e. The summed E-state index contributed by atoms with van der Waals surface area (Å²) < 4.78 is 27.9. The number of imidazole rings is 1. The third-order valence-corrected chi connectivity index (χ3v) is 4.98. The fraction of sp³-hybridized carbons (Fsp3) is 0.278. The lowest BCUT2D eigenvalue weighted by molar-refractivity contribution is 0.607. The molecule has 138 valence electrons. The first kappa shape index (κ1) is 19.0. The van der Waals surface area contributed by atoms with Gasteiger partial charge in [0.25, 0.3) is 0 Å². The van der Waals surface area contributed by atoms with Gasteiger partial charge in [-0.15, -0.1) is 11.6 Å². The average Bonchev–Trinajstić information content (AvgIpc) is 2.93. The predicted molar refractivity (Wildman–Crippen MR) is 108 cm³/mol. The molecule has 0 fully saturated rings. The highest BCUT2D eigenvalue weighted by Crippen LogP contribution is 2.31. The van der Waals surface area contributed by atoms with Crippen LogP contribution in [0.3, 0.4) is 0 Å². The molecule has 1 N–H and O–H groups in total. The third kappa shape index (κ3) is 3.98. The van der Waals surface area contributed by atoms with Gasteiger partial charge in [-0.2, -0.15) is 0 Å². The highest BCUT2D eigenvalue weighted by Gasteiger charge is 2.17. The van der Waals surface area contributed by atoms with Crippen molar-refractivity contribution in [2.45, 2.75) is 19.8 Å². The molecule has 0 amide bonds. The molecule has 1 aromatic heterocycles. The molecule has 0 unspecified atom stereocenters. The van der Waals surface area contributed by atoms with E-state index in [2.05, 4.69) is 9.71 Å². The van der Waals surface area contributed by atoms with Gasteiger partial charge in [-0.25, -0.2) is 13.4 Å². The molecule has 0 bridgehead atoms. The second kappa shape index (κ2) is 7.47. The van der Waals surface area contributed by atoms with Crippen molar-refractivity contribution in [3.8, 4) is 5.69 Å². The molecule has 0 saturated heterocycles. The molecule has 0 aliphatic carbocycles. The van der Waals surface area contributed by atoms with Crippen molar-refractivity contribution in [1.29, 1.82) is 0 Å². The van der Waals surface area contributed by atoms with Crippen LogP contribution < -0.4 is 4.72 Å². The molecule has 0 aliphatic rings. The summed E-state index contributed by atoms with van der Waals surface area (Å²) in [6.45, 7) is 2.00. The molecule has 0 atom stereocenters. The van der Waals surface area contributed by atoms with Crippen LogP contribution >= 0.6 is 23.2 Å². The van der Waals surface area contributed by atoms with E-state index in [0.29, 0.717) is 28.5 Å². The summed E-state index contributed by atoms with van der Waals surface area (Å²) in [6.07, 6.45) is 2.60. The van der Waals surface area contributed by atoms with Gasteiger partial charge < -0.3 is 0 Å². The summed E-state index contributed by atoms with van der Waals surface area (Å²) >= 11 is 12.0. The molecule has 2 aromatic carbocycles. The van der Waals surface area contributed by atoms with Gasteiger partial charge in [0.1, 0.15) is 11.3 Å². The van der Waals surface area contributed by atoms with E-state index in [-0.39, 0.29) is 0 Å². The number of nitrogens with one attached hydrogen (secondary N) is 1. The molecular weight excluding hydrogens is 393 g/mol. The highest BCUT2D eigenvalue weighted by atomic mass is 35.5. The zero-order chi connectivity index (χ0) is 18.9. The first-order valence-electron chi connectivity index (χ1n) is 8.16. The molecule has 5 nitrogen and oxygen atoms in total. The largest absolute Gasteiger partial charge is 0.296 e. The topological polar surface area (TPSA) is 64.0 Å². The monoisotopic (exact) mass is 411 g/mol. The zero-order valence-corrected chi connectivity index (χ0v) is 16.8. The Balaban J connectivity index is 2.21. The summed E-state index contributed by atoms with van der Waals surface area (Å²) in [5, 5.41) is 0.436. The van der Waals surface area contributed by atoms with Crippen molar-refractivity contribution in [2.75, 3.05) is 16.9 Å². The van der Waals surface area contributed by atoms with E-state index >= 15 is 0 Å². The van der Waals surface area contributed by atoms with E-state index in [1.54, 1.807) is 12.1 Å². The van der Waals surface area contributed by atoms with Gasteiger partial charge in [0.05, 0.1) is 17.5 Å². The van der Waals surface area contributed by atoms with Crippen molar-refractivity contribution in [3.05, 3.63) is 52.8 Å². The number of rotatable bonds is 6. The number of nitrogens with zero attached hydrogens (tertiary/aromatic N) is 2. The van der Waals surface area contributed by atoms with E-state index in [1.807, 2.05) is 35.8 Å². The van der Waals surface area contributed by atoms with Crippen molar-refractivity contribution in [1.82, 2.24) is 9.55 Å². The van der Waals surface area contributed by atoms with Gasteiger partial charge in [0, 0.05) is 23.0 Å². The van der Waals surface area contributed by atoms with Crippen molar-refractivity contribution in [2.24, 2.45) is 0 Å². The smallest absolute Gasteiger partial charge is 0.229 e. The number of anilines is 1. The Labute approximate surface area is 163 Å². The Kier molecular flexibility index (Phi) is 5.46. The number of benzene rings is 2. The van der Waals surface area contributed by atoms with E-state index in [9.17, 15) is 8.42 Å². The summed E-state index contributed by atoms with van der Waals surface area (Å²) in [5.74, 6) is 1.40. The number of alkyl halides is 1. The first-order valence-corrected chi connectivity index (χ1v) is 11.0. The number of halogens is 2. The molecule has 0 saturated carbocycles. The lowest BCUT2D eigenvalue weighted by atomic mass is 10.1. The van der Waals surface area contributed by atoms with Gasteiger partial charge in [-0.05, 0) is 36.2 Å². The Bertz CT molecular complexity index is 1040. The summed E-state index contributed by atoms with van der Waals surface area (Å²) in [4.78, 5) is 4.65. The van der Waals surface area contributed by atoms with Crippen molar-refractivity contribution < 1.29 is 8.42 Å². The van der Waals surface area contributed by atoms with Gasteiger partial charge >= 0.3 is 0 Å². The van der Waals surface area contributed by atoms with E-state index in [1.165, 1.54) is 0 Å². The minimum absolute atomic E-state index is 0.377. The minimum Gasteiger partial charge on any atom is -0.296 e. The van der Waals surface area contributed by atoms with Gasteiger partial charge in [0.2, 0.25) is 10.0 Å². The van der Waals surface area contributed by atoms with Crippen LogP contribution in [0.5, 0.6) is 0 Å². The van der Waals surface area contributed by atoms with E-state index in [4.69, 9.17) is 23.2 Å². The summed E-state index contributed by atoms with van der Waals surface area (Å²) in [6, 6.07) is 11.4. The molecule has 3 aromatic rings. The number of aryl methyl sites for hydroxylation is 2. The Hall–Kier alpha value is -1.76. The third-order valence-electron chi connectivity index (χ3n) is 3.98. The summed E-state index contributed by atoms with van der Waals surface area (Å²) in [7, 11) is -3.44. The molecule has 0 spiro atoms. The van der Waals surface area contributed by atoms with Crippen LogP contribution in [0, 0.1) is 0 Å². The molecule has 0 radical (unpaired) electrons. The Morgan fingerprint density at radius 1 is 1.19 bits per heavy atom. The van der Waals surface area contributed by atoms with Crippen LogP contribution in [0.15, 0.2) is 36.4 Å². The normalized spacial score (nSPS) is 11.8. The lowest BCUT2D eigenvalue weighted by Gasteiger charge is -2.10. The van der Waals surface area contributed by atoms with Crippen LogP contribution in [-0.2, 0) is 22.9 Å². The number of fused-ring (bicyclic) bond motifs is 1. The number of aromatic nitrogens is 2. The van der Waals surface area contributed by atoms with E-state index < -0.39 is 10.0 Å². The van der Waals surface area contributed by atoms with E-state index in [0.717, 1.165) is 35.3 Å². The molecule has 1 heterocycles. The predicted octanol–water partition coefficient (Wildman–Crippen LogP) is 4.39. The minimum atomic E-state index is -3.44. The van der Waals surface area contributed by atoms with Crippen LogP contribution in [-0.4, -0.2) is 30.1 Å². The molecule has 26 heavy (non-hydrogen) atoms. The van der Waals surface area contributed by atoms with Crippen LogP contribution in [0.2, 0.25) is 5.02 Å². The quantitative estimate of drug-likeness (QED) is 0.611. The second-order valence-corrected chi connectivity index (χ2v) is 8.58. The number of sulfonamides is 1. The SMILES string of the molecule is CCc1nc2c(NS(C)(=O)=O)cc(Cl)cc2n1-c1ccc(CCCl)cc1.